The maximum absolute atomic E-state index is 12.0. The first-order chi connectivity index (χ1) is 12.0. The highest BCUT2D eigenvalue weighted by Gasteiger charge is 2.30. The summed E-state index contributed by atoms with van der Waals surface area (Å²) in [6, 6.07) is 9.76. The molecule has 8 heteroatoms. The smallest absolute Gasteiger partial charge is 0.272 e. The van der Waals surface area contributed by atoms with Crippen LogP contribution in [0.3, 0.4) is 0 Å². The molecule has 1 aliphatic heterocycles. The lowest BCUT2D eigenvalue weighted by molar-refractivity contribution is -0.122. The Hall–Kier alpha value is -3.29. The van der Waals surface area contributed by atoms with Gasteiger partial charge >= 0.3 is 0 Å². The predicted molar refractivity (Wildman–Crippen MR) is 93.5 cm³/mol. The van der Waals surface area contributed by atoms with E-state index >= 15 is 0 Å². The normalized spacial score (nSPS) is 16.8. The fourth-order valence-corrected chi connectivity index (χ4v) is 2.56. The van der Waals surface area contributed by atoms with Gasteiger partial charge in [-0.3, -0.25) is 9.59 Å². The molecule has 1 aromatic heterocycles. The quantitative estimate of drug-likeness (QED) is 0.644. The lowest BCUT2D eigenvalue weighted by atomic mass is 10.1. The lowest BCUT2D eigenvalue weighted by Crippen LogP contribution is -2.32. The van der Waals surface area contributed by atoms with Gasteiger partial charge in [0.15, 0.2) is 0 Å². The summed E-state index contributed by atoms with van der Waals surface area (Å²) in [6.07, 6.45) is 1.55. The molecule has 0 spiro atoms. The Labute approximate surface area is 144 Å². The number of nitrogens with one attached hydrogen (secondary N) is 2. The van der Waals surface area contributed by atoms with Crippen molar-refractivity contribution >= 4 is 23.7 Å². The average molecular weight is 338 g/mol. The molecular formula is C17H18N6O2. The van der Waals surface area contributed by atoms with E-state index in [2.05, 4.69) is 26.2 Å². The Kier molecular flexibility index (Phi) is 4.42. The van der Waals surface area contributed by atoms with Crippen LogP contribution in [0.1, 0.15) is 23.9 Å². The van der Waals surface area contributed by atoms with Crippen LogP contribution < -0.4 is 10.9 Å². The first-order valence-electron chi connectivity index (χ1n) is 7.81. The third kappa shape index (κ3) is 3.18. The molecule has 1 aliphatic rings. The van der Waals surface area contributed by atoms with Gasteiger partial charge < -0.3 is 0 Å². The van der Waals surface area contributed by atoms with Gasteiger partial charge in [0, 0.05) is 5.56 Å². The highest BCUT2D eigenvalue weighted by Crippen LogP contribution is 2.16. The summed E-state index contributed by atoms with van der Waals surface area (Å²) in [7, 11) is 0. The molecule has 0 aliphatic carbocycles. The zero-order valence-electron chi connectivity index (χ0n) is 14.1. The first-order valence-corrected chi connectivity index (χ1v) is 7.81. The number of nitrogens with zero attached hydrogens (tertiary/aromatic N) is 4. The largest absolute Gasteiger partial charge is 0.288 e. The molecule has 2 N–H and O–H groups in total. The van der Waals surface area contributed by atoms with Gasteiger partial charge in [0.05, 0.1) is 29.2 Å². The second-order valence-corrected chi connectivity index (χ2v) is 5.73. The maximum atomic E-state index is 12.0. The van der Waals surface area contributed by atoms with Crippen LogP contribution in [0.15, 0.2) is 40.5 Å². The van der Waals surface area contributed by atoms with Crippen molar-refractivity contribution in [3.05, 3.63) is 47.3 Å². The van der Waals surface area contributed by atoms with Crippen molar-refractivity contribution in [3.8, 4) is 5.69 Å². The van der Waals surface area contributed by atoms with Crippen LogP contribution in [0.5, 0.6) is 0 Å². The minimum Gasteiger partial charge on any atom is -0.272 e. The molecule has 128 valence electrons. The van der Waals surface area contributed by atoms with Gasteiger partial charge in [0.2, 0.25) is 5.91 Å². The Morgan fingerprint density at radius 1 is 1.32 bits per heavy atom. The van der Waals surface area contributed by atoms with Gasteiger partial charge in [-0.2, -0.15) is 15.3 Å². The van der Waals surface area contributed by atoms with E-state index in [1.54, 1.807) is 13.1 Å². The van der Waals surface area contributed by atoms with Crippen LogP contribution in [0.2, 0.25) is 0 Å². The molecule has 1 atom stereocenters. The van der Waals surface area contributed by atoms with E-state index in [1.807, 2.05) is 48.9 Å². The molecule has 2 amide bonds. The summed E-state index contributed by atoms with van der Waals surface area (Å²) in [4.78, 5) is 23.4. The average Bonchev–Trinajstić information content (AvgIpc) is 3.09. The molecule has 2 aromatic rings. The first kappa shape index (κ1) is 16.6. The van der Waals surface area contributed by atoms with Crippen molar-refractivity contribution in [1.82, 2.24) is 20.6 Å². The van der Waals surface area contributed by atoms with Crippen LogP contribution >= 0.6 is 0 Å². The molecule has 3 rings (SSSR count). The van der Waals surface area contributed by atoms with E-state index < -0.39 is 11.8 Å². The Bertz CT molecular complexity index is 882. The number of para-hydroxylation sites is 1. The summed E-state index contributed by atoms with van der Waals surface area (Å²) >= 11 is 0. The Balaban J connectivity index is 1.75. The lowest BCUT2D eigenvalue weighted by Gasteiger charge is -2.04. The summed E-state index contributed by atoms with van der Waals surface area (Å²) in [5.74, 6) is -1.39. The van der Waals surface area contributed by atoms with Gasteiger partial charge in [-0.1, -0.05) is 18.2 Å². The zero-order valence-corrected chi connectivity index (χ0v) is 14.1. The molecule has 0 fully saturated rings. The minimum atomic E-state index is -0.584. The van der Waals surface area contributed by atoms with Crippen molar-refractivity contribution in [3.63, 3.8) is 0 Å². The monoisotopic (exact) mass is 338 g/mol. The van der Waals surface area contributed by atoms with Crippen molar-refractivity contribution in [2.75, 3.05) is 0 Å². The van der Waals surface area contributed by atoms with Crippen LogP contribution in [-0.2, 0) is 9.59 Å². The highest BCUT2D eigenvalue weighted by atomic mass is 16.2. The van der Waals surface area contributed by atoms with Gasteiger partial charge in [-0.05, 0) is 32.9 Å². The van der Waals surface area contributed by atoms with E-state index in [9.17, 15) is 9.59 Å². The van der Waals surface area contributed by atoms with E-state index in [0.717, 1.165) is 22.6 Å². The van der Waals surface area contributed by atoms with Gasteiger partial charge in [0.25, 0.3) is 5.91 Å². The molecule has 0 saturated carbocycles. The number of amides is 2. The SMILES string of the molecule is Cc1nn(-c2ccccc2)c(C)c1/C=N\NC(=O)C1=NNC(=O)C1C. The third-order valence-corrected chi connectivity index (χ3v) is 4.03. The summed E-state index contributed by atoms with van der Waals surface area (Å²) in [5.41, 5.74) is 8.26. The van der Waals surface area contributed by atoms with Crippen LogP contribution in [0, 0.1) is 19.8 Å². The van der Waals surface area contributed by atoms with E-state index in [-0.39, 0.29) is 11.6 Å². The summed E-state index contributed by atoms with van der Waals surface area (Å²) in [6.45, 7) is 5.42. The molecule has 1 unspecified atom stereocenters. The van der Waals surface area contributed by atoms with Crippen molar-refractivity contribution in [1.29, 1.82) is 0 Å². The van der Waals surface area contributed by atoms with Crippen molar-refractivity contribution in [2.45, 2.75) is 20.8 Å². The Morgan fingerprint density at radius 2 is 2.04 bits per heavy atom. The number of carbonyl (C=O) groups is 2. The number of hydrazone groups is 2. The maximum Gasteiger partial charge on any atom is 0.288 e. The second-order valence-electron chi connectivity index (χ2n) is 5.73. The number of hydrogen-bond donors (Lipinski definition) is 2. The van der Waals surface area contributed by atoms with E-state index in [1.165, 1.54) is 0 Å². The number of aromatic nitrogens is 2. The van der Waals surface area contributed by atoms with Crippen molar-refractivity contribution in [2.24, 2.45) is 16.1 Å². The molecule has 2 heterocycles. The topological polar surface area (TPSA) is 101 Å². The fourth-order valence-electron chi connectivity index (χ4n) is 2.56. The summed E-state index contributed by atoms with van der Waals surface area (Å²) in [5, 5.41) is 12.2. The Morgan fingerprint density at radius 3 is 2.68 bits per heavy atom. The zero-order chi connectivity index (χ0) is 18.0. The molecule has 1 aromatic carbocycles. The number of benzene rings is 1. The molecule has 25 heavy (non-hydrogen) atoms. The molecule has 0 bridgehead atoms. The van der Waals surface area contributed by atoms with Gasteiger partial charge in [-0.25, -0.2) is 15.5 Å². The van der Waals surface area contributed by atoms with Crippen LogP contribution in [0.25, 0.3) is 5.69 Å². The van der Waals surface area contributed by atoms with E-state index in [0.29, 0.717) is 0 Å². The molecular weight excluding hydrogens is 320 g/mol. The number of hydrogen-bond acceptors (Lipinski definition) is 5. The number of aryl methyl sites for hydroxylation is 1. The van der Waals surface area contributed by atoms with Crippen LogP contribution in [0.4, 0.5) is 0 Å². The second kappa shape index (κ2) is 6.68. The predicted octanol–water partition coefficient (Wildman–Crippen LogP) is 1.06. The third-order valence-electron chi connectivity index (χ3n) is 4.03. The van der Waals surface area contributed by atoms with E-state index in [4.69, 9.17) is 0 Å². The fraction of sp³-hybridized carbons (Fsp3) is 0.235. The van der Waals surface area contributed by atoms with Gasteiger partial charge in [-0.15, -0.1) is 0 Å². The number of rotatable bonds is 4. The van der Waals surface area contributed by atoms with Crippen LogP contribution in [-0.4, -0.2) is 33.5 Å². The highest BCUT2D eigenvalue weighted by molar-refractivity contribution is 6.44. The number of carbonyl (C=O) groups excluding carboxylic acids is 2. The standard InChI is InChI=1S/C17H18N6O2/c1-10-15(19-21-16(10)24)17(25)20-18-9-14-11(2)22-23(12(14)3)13-7-5-4-6-8-13/h4-10H,1-3H3,(H,20,25)(H,21,24)/b18-9-. The molecule has 8 nitrogen and oxygen atoms in total. The van der Waals surface area contributed by atoms with Crippen molar-refractivity contribution < 1.29 is 9.59 Å². The summed E-state index contributed by atoms with van der Waals surface area (Å²) < 4.78 is 1.82. The minimum absolute atomic E-state index is 0.121. The molecule has 0 saturated heterocycles. The van der Waals surface area contributed by atoms with Gasteiger partial charge in [0.1, 0.15) is 5.71 Å². The molecule has 0 radical (unpaired) electrons.